The zero-order valence-electron chi connectivity index (χ0n) is 9.68. The molecule has 84 valence electrons. The Morgan fingerprint density at radius 2 is 2.20 bits per heavy atom. The van der Waals surface area contributed by atoms with Gasteiger partial charge < -0.3 is 5.32 Å². The van der Waals surface area contributed by atoms with E-state index in [1.165, 1.54) is 34.8 Å². The SMILES string of the molecule is CCCc1nc(CNC2CC2)sc1CC. The largest absolute Gasteiger partial charge is 0.308 e. The molecule has 1 aliphatic rings. The van der Waals surface area contributed by atoms with Crippen LogP contribution >= 0.6 is 11.3 Å². The lowest BCUT2D eigenvalue weighted by atomic mass is 10.2. The predicted molar refractivity (Wildman–Crippen MR) is 65.3 cm³/mol. The summed E-state index contributed by atoms with van der Waals surface area (Å²) < 4.78 is 0. The highest BCUT2D eigenvalue weighted by Crippen LogP contribution is 2.23. The van der Waals surface area contributed by atoms with E-state index in [4.69, 9.17) is 4.98 Å². The normalized spacial score (nSPS) is 15.9. The number of hydrogen-bond acceptors (Lipinski definition) is 3. The van der Waals surface area contributed by atoms with Gasteiger partial charge in [-0.2, -0.15) is 0 Å². The Hall–Kier alpha value is -0.410. The molecule has 0 aliphatic heterocycles. The van der Waals surface area contributed by atoms with E-state index in [2.05, 4.69) is 19.2 Å². The minimum absolute atomic E-state index is 0.786. The standard InChI is InChI=1S/C12H20N2S/c1-3-5-10-11(4-2)15-12(14-10)8-13-9-6-7-9/h9,13H,3-8H2,1-2H3. The molecule has 3 heteroatoms. The van der Waals surface area contributed by atoms with Gasteiger partial charge in [0.25, 0.3) is 0 Å². The third kappa shape index (κ3) is 3.02. The van der Waals surface area contributed by atoms with Crippen LogP contribution in [0.5, 0.6) is 0 Å². The van der Waals surface area contributed by atoms with E-state index in [1.54, 1.807) is 0 Å². The van der Waals surface area contributed by atoms with Crippen LogP contribution in [0, 0.1) is 0 Å². The first-order chi connectivity index (χ1) is 7.33. The van der Waals surface area contributed by atoms with E-state index in [-0.39, 0.29) is 0 Å². The van der Waals surface area contributed by atoms with Crippen molar-refractivity contribution in [1.29, 1.82) is 0 Å². The topological polar surface area (TPSA) is 24.9 Å². The summed E-state index contributed by atoms with van der Waals surface area (Å²) in [5, 5.41) is 4.81. The van der Waals surface area contributed by atoms with Crippen LogP contribution in [-0.2, 0) is 19.4 Å². The zero-order valence-corrected chi connectivity index (χ0v) is 10.5. The minimum Gasteiger partial charge on any atom is -0.308 e. The predicted octanol–water partition coefficient (Wildman–Crippen LogP) is 2.91. The van der Waals surface area contributed by atoms with Crippen LogP contribution in [0.2, 0.25) is 0 Å². The summed E-state index contributed by atoms with van der Waals surface area (Å²) in [7, 11) is 0. The fourth-order valence-electron chi connectivity index (χ4n) is 1.74. The highest BCUT2D eigenvalue weighted by molar-refractivity contribution is 7.11. The number of aryl methyl sites for hydroxylation is 2. The molecule has 0 aromatic carbocycles. The zero-order chi connectivity index (χ0) is 10.7. The lowest BCUT2D eigenvalue weighted by Gasteiger charge is -1.96. The van der Waals surface area contributed by atoms with Gasteiger partial charge in [0.05, 0.1) is 5.69 Å². The van der Waals surface area contributed by atoms with Crippen molar-refractivity contribution in [2.75, 3.05) is 0 Å². The number of aromatic nitrogens is 1. The Labute approximate surface area is 96.1 Å². The lowest BCUT2D eigenvalue weighted by molar-refractivity contribution is 0.681. The maximum absolute atomic E-state index is 4.73. The minimum atomic E-state index is 0.786. The van der Waals surface area contributed by atoms with Crippen molar-refractivity contribution < 1.29 is 0 Å². The molecule has 2 rings (SSSR count). The first-order valence-electron chi connectivity index (χ1n) is 6.04. The van der Waals surface area contributed by atoms with Gasteiger partial charge in [-0.25, -0.2) is 4.98 Å². The van der Waals surface area contributed by atoms with Crippen molar-refractivity contribution in [1.82, 2.24) is 10.3 Å². The highest BCUT2D eigenvalue weighted by Gasteiger charge is 2.20. The second-order valence-corrected chi connectivity index (χ2v) is 5.40. The van der Waals surface area contributed by atoms with E-state index in [1.807, 2.05) is 11.3 Å². The van der Waals surface area contributed by atoms with Gasteiger partial charge in [0.1, 0.15) is 5.01 Å². The van der Waals surface area contributed by atoms with Gasteiger partial charge in [0, 0.05) is 17.5 Å². The average molecular weight is 224 g/mol. The van der Waals surface area contributed by atoms with Crippen LogP contribution in [0.1, 0.15) is 48.7 Å². The monoisotopic (exact) mass is 224 g/mol. The van der Waals surface area contributed by atoms with Crippen molar-refractivity contribution >= 4 is 11.3 Å². The number of hydrogen-bond donors (Lipinski definition) is 1. The van der Waals surface area contributed by atoms with Crippen molar-refractivity contribution in [3.8, 4) is 0 Å². The highest BCUT2D eigenvalue weighted by atomic mass is 32.1. The van der Waals surface area contributed by atoms with Crippen molar-refractivity contribution in [2.45, 2.75) is 58.5 Å². The first-order valence-corrected chi connectivity index (χ1v) is 6.86. The summed E-state index contributed by atoms with van der Waals surface area (Å²) in [5.41, 5.74) is 1.34. The number of nitrogens with zero attached hydrogens (tertiary/aromatic N) is 1. The number of rotatable bonds is 6. The molecule has 0 bridgehead atoms. The molecule has 0 amide bonds. The molecule has 0 atom stereocenters. The molecular weight excluding hydrogens is 204 g/mol. The van der Waals surface area contributed by atoms with Crippen molar-refractivity contribution in [3.63, 3.8) is 0 Å². The molecule has 2 nitrogen and oxygen atoms in total. The summed E-state index contributed by atoms with van der Waals surface area (Å²) >= 11 is 1.90. The second kappa shape index (κ2) is 5.08. The molecule has 0 radical (unpaired) electrons. The molecule has 15 heavy (non-hydrogen) atoms. The van der Waals surface area contributed by atoms with Gasteiger partial charge >= 0.3 is 0 Å². The molecule has 0 saturated heterocycles. The van der Waals surface area contributed by atoms with E-state index >= 15 is 0 Å². The average Bonchev–Trinajstić information content (AvgIpc) is 2.98. The summed E-state index contributed by atoms with van der Waals surface area (Å²) in [5.74, 6) is 0. The second-order valence-electron chi connectivity index (χ2n) is 4.24. The molecule has 1 fully saturated rings. The molecule has 1 N–H and O–H groups in total. The molecule has 1 aromatic rings. The Balaban J connectivity index is 1.96. The summed E-state index contributed by atoms with van der Waals surface area (Å²) in [6.45, 7) is 5.43. The summed E-state index contributed by atoms with van der Waals surface area (Å²) in [6, 6.07) is 0.786. The van der Waals surface area contributed by atoms with E-state index in [0.29, 0.717) is 0 Å². The Kier molecular flexibility index (Phi) is 3.76. The maximum atomic E-state index is 4.73. The first kappa shape index (κ1) is 11.1. The molecule has 1 aromatic heterocycles. The van der Waals surface area contributed by atoms with Crippen molar-refractivity contribution in [3.05, 3.63) is 15.6 Å². The summed E-state index contributed by atoms with van der Waals surface area (Å²) in [6.07, 6.45) is 6.19. The third-order valence-corrected chi connectivity index (χ3v) is 3.99. The fraction of sp³-hybridized carbons (Fsp3) is 0.750. The molecule has 1 heterocycles. The lowest BCUT2D eigenvalue weighted by Crippen LogP contribution is -2.15. The Morgan fingerprint density at radius 3 is 2.80 bits per heavy atom. The molecule has 1 saturated carbocycles. The van der Waals surface area contributed by atoms with E-state index < -0.39 is 0 Å². The Morgan fingerprint density at radius 1 is 1.40 bits per heavy atom. The molecular formula is C12H20N2S. The number of thiazole rings is 1. The van der Waals surface area contributed by atoms with Crippen molar-refractivity contribution in [2.24, 2.45) is 0 Å². The third-order valence-electron chi connectivity index (χ3n) is 2.75. The van der Waals surface area contributed by atoms with Crippen LogP contribution in [0.25, 0.3) is 0 Å². The summed E-state index contributed by atoms with van der Waals surface area (Å²) in [4.78, 5) is 6.22. The van der Waals surface area contributed by atoms with Gasteiger partial charge in [-0.1, -0.05) is 20.3 Å². The fourth-order valence-corrected chi connectivity index (χ4v) is 2.75. The van der Waals surface area contributed by atoms with Gasteiger partial charge in [0.15, 0.2) is 0 Å². The van der Waals surface area contributed by atoms with Gasteiger partial charge in [0.2, 0.25) is 0 Å². The van der Waals surface area contributed by atoms with Gasteiger partial charge in [-0.3, -0.25) is 0 Å². The Bertz CT molecular complexity index is 315. The van der Waals surface area contributed by atoms with Crippen LogP contribution in [0.4, 0.5) is 0 Å². The molecule has 1 aliphatic carbocycles. The van der Waals surface area contributed by atoms with Crippen LogP contribution in [0.3, 0.4) is 0 Å². The molecule has 0 unspecified atom stereocenters. The van der Waals surface area contributed by atoms with E-state index in [9.17, 15) is 0 Å². The van der Waals surface area contributed by atoms with Crippen LogP contribution < -0.4 is 5.32 Å². The van der Waals surface area contributed by atoms with Crippen LogP contribution in [0.15, 0.2) is 0 Å². The number of nitrogens with one attached hydrogen (secondary N) is 1. The van der Waals surface area contributed by atoms with Gasteiger partial charge in [-0.05, 0) is 25.7 Å². The quantitative estimate of drug-likeness (QED) is 0.803. The maximum Gasteiger partial charge on any atom is 0.107 e. The molecule has 0 spiro atoms. The smallest absolute Gasteiger partial charge is 0.107 e. The van der Waals surface area contributed by atoms with Crippen LogP contribution in [-0.4, -0.2) is 11.0 Å². The van der Waals surface area contributed by atoms with E-state index in [0.717, 1.165) is 25.4 Å². The van der Waals surface area contributed by atoms with Gasteiger partial charge in [-0.15, -0.1) is 11.3 Å².